The number of benzene rings is 2. The van der Waals surface area contributed by atoms with Crippen LogP contribution in [0.4, 0.5) is 0 Å². The summed E-state index contributed by atoms with van der Waals surface area (Å²) in [5, 5.41) is 1.19. The van der Waals surface area contributed by atoms with Crippen molar-refractivity contribution < 1.29 is 4.74 Å². The summed E-state index contributed by atoms with van der Waals surface area (Å²) in [6, 6.07) is 18.7. The Balaban J connectivity index is 1.73. The zero-order chi connectivity index (χ0) is 16.1. The predicted octanol–water partition coefficient (Wildman–Crippen LogP) is 4.17. The summed E-state index contributed by atoms with van der Waals surface area (Å²) in [6.45, 7) is 2.74. The topological polar surface area (TPSA) is 17.4 Å². The predicted molar refractivity (Wildman–Crippen MR) is 95.9 cm³/mol. The Labute approximate surface area is 138 Å². The van der Waals surface area contributed by atoms with E-state index in [4.69, 9.17) is 4.74 Å². The first-order valence-corrected chi connectivity index (χ1v) is 8.13. The van der Waals surface area contributed by atoms with Gasteiger partial charge in [-0.15, -0.1) is 0 Å². The van der Waals surface area contributed by atoms with Crippen LogP contribution in [0, 0.1) is 0 Å². The molecule has 0 amide bonds. The highest BCUT2D eigenvalue weighted by atomic mass is 16.5. The standard InChI is InChI=1S/C20H24N2O/c1-21(2)13-7-14-22-15-12-18-19(22)10-6-11-20(18)23-16-17-8-4-3-5-9-17/h3-6,8-12,15H,7,13-14,16H2,1-2H3. The summed E-state index contributed by atoms with van der Waals surface area (Å²) < 4.78 is 8.35. The molecule has 0 spiro atoms. The maximum Gasteiger partial charge on any atom is 0.129 e. The quantitative estimate of drug-likeness (QED) is 0.652. The molecule has 0 aliphatic rings. The number of hydrogen-bond donors (Lipinski definition) is 0. The Hall–Kier alpha value is -2.26. The van der Waals surface area contributed by atoms with Crippen molar-refractivity contribution in [2.24, 2.45) is 0 Å². The Morgan fingerprint density at radius 2 is 1.78 bits per heavy atom. The van der Waals surface area contributed by atoms with Crippen LogP contribution in [0.3, 0.4) is 0 Å². The molecule has 3 nitrogen and oxygen atoms in total. The fraction of sp³-hybridized carbons (Fsp3) is 0.300. The van der Waals surface area contributed by atoms with Gasteiger partial charge in [0, 0.05) is 18.1 Å². The molecule has 0 atom stereocenters. The molecule has 0 saturated carbocycles. The van der Waals surface area contributed by atoms with Gasteiger partial charge in [0.25, 0.3) is 0 Å². The minimum Gasteiger partial charge on any atom is -0.488 e. The highest BCUT2D eigenvalue weighted by Crippen LogP contribution is 2.27. The number of hydrogen-bond acceptors (Lipinski definition) is 2. The van der Waals surface area contributed by atoms with Crippen LogP contribution in [0.1, 0.15) is 12.0 Å². The zero-order valence-corrected chi connectivity index (χ0v) is 13.9. The van der Waals surface area contributed by atoms with Crippen molar-refractivity contribution in [3.05, 3.63) is 66.4 Å². The third kappa shape index (κ3) is 3.93. The summed E-state index contributed by atoms with van der Waals surface area (Å²) in [7, 11) is 4.23. The fourth-order valence-electron chi connectivity index (χ4n) is 2.81. The van der Waals surface area contributed by atoms with Crippen molar-refractivity contribution in [2.75, 3.05) is 20.6 Å². The smallest absolute Gasteiger partial charge is 0.129 e. The second-order valence-electron chi connectivity index (χ2n) is 6.13. The number of aromatic nitrogens is 1. The number of rotatable bonds is 7. The second kappa shape index (κ2) is 7.34. The molecule has 0 bridgehead atoms. The maximum absolute atomic E-state index is 6.04. The van der Waals surface area contributed by atoms with Crippen molar-refractivity contribution in [1.82, 2.24) is 9.47 Å². The van der Waals surface area contributed by atoms with Gasteiger partial charge in [-0.2, -0.15) is 0 Å². The summed E-state index contributed by atoms with van der Waals surface area (Å²) in [5.74, 6) is 0.956. The van der Waals surface area contributed by atoms with Crippen LogP contribution in [-0.2, 0) is 13.2 Å². The number of nitrogens with zero attached hydrogens (tertiary/aromatic N) is 2. The maximum atomic E-state index is 6.04. The Bertz CT molecular complexity index is 747. The Morgan fingerprint density at radius 3 is 2.57 bits per heavy atom. The molecule has 3 rings (SSSR count). The lowest BCUT2D eigenvalue weighted by atomic mass is 10.2. The van der Waals surface area contributed by atoms with E-state index < -0.39 is 0 Å². The first kappa shape index (κ1) is 15.6. The molecule has 23 heavy (non-hydrogen) atoms. The van der Waals surface area contributed by atoms with Gasteiger partial charge in [-0.25, -0.2) is 0 Å². The van der Waals surface area contributed by atoms with Gasteiger partial charge in [0.05, 0.1) is 5.52 Å². The largest absolute Gasteiger partial charge is 0.488 e. The van der Waals surface area contributed by atoms with Crippen LogP contribution >= 0.6 is 0 Å². The minimum atomic E-state index is 0.603. The van der Waals surface area contributed by atoms with Crippen molar-refractivity contribution in [3.8, 4) is 5.75 Å². The minimum absolute atomic E-state index is 0.603. The van der Waals surface area contributed by atoms with Gasteiger partial charge in [-0.05, 0) is 50.8 Å². The lowest BCUT2D eigenvalue weighted by Crippen LogP contribution is -2.14. The van der Waals surface area contributed by atoms with Crippen LogP contribution in [-0.4, -0.2) is 30.1 Å². The molecule has 0 N–H and O–H groups in total. The number of fused-ring (bicyclic) bond motifs is 1. The Kier molecular flexibility index (Phi) is 4.99. The van der Waals surface area contributed by atoms with Gasteiger partial charge in [0.1, 0.15) is 12.4 Å². The van der Waals surface area contributed by atoms with E-state index in [1.165, 1.54) is 16.5 Å². The van der Waals surface area contributed by atoms with E-state index >= 15 is 0 Å². The lowest BCUT2D eigenvalue weighted by Gasteiger charge is -2.11. The average Bonchev–Trinajstić information content (AvgIpc) is 2.97. The van der Waals surface area contributed by atoms with E-state index in [0.29, 0.717) is 6.61 Å². The van der Waals surface area contributed by atoms with Crippen LogP contribution in [0.2, 0.25) is 0 Å². The highest BCUT2D eigenvalue weighted by molar-refractivity contribution is 5.86. The summed E-state index contributed by atoms with van der Waals surface area (Å²) in [5.41, 5.74) is 2.43. The van der Waals surface area contributed by atoms with Gasteiger partial charge in [0.2, 0.25) is 0 Å². The molecule has 0 aliphatic carbocycles. The highest BCUT2D eigenvalue weighted by Gasteiger charge is 2.07. The van der Waals surface area contributed by atoms with Crippen molar-refractivity contribution in [3.63, 3.8) is 0 Å². The van der Waals surface area contributed by atoms with Gasteiger partial charge in [-0.3, -0.25) is 0 Å². The van der Waals surface area contributed by atoms with E-state index in [1.54, 1.807) is 0 Å². The molecule has 0 fully saturated rings. The van der Waals surface area contributed by atoms with Gasteiger partial charge < -0.3 is 14.2 Å². The van der Waals surface area contributed by atoms with Gasteiger partial charge in [-0.1, -0.05) is 36.4 Å². The average molecular weight is 308 g/mol. The van der Waals surface area contributed by atoms with Gasteiger partial charge in [0.15, 0.2) is 0 Å². The number of aryl methyl sites for hydroxylation is 1. The van der Waals surface area contributed by atoms with Gasteiger partial charge >= 0.3 is 0 Å². The van der Waals surface area contributed by atoms with E-state index in [2.05, 4.69) is 66.2 Å². The lowest BCUT2D eigenvalue weighted by molar-refractivity contribution is 0.310. The normalized spacial score (nSPS) is 11.3. The molecule has 0 unspecified atom stereocenters. The van der Waals surface area contributed by atoms with Crippen LogP contribution in [0.25, 0.3) is 10.9 Å². The SMILES string of the molecule is CN(C)CCCn1ccc2c(OCc3ccccc3)cccc21. The summed E-state index contributed by atoms with van der Waals surface area (Å²) >= 11 is 0. The molecule has 0 aliphatic heterocycles. The summed E-state index contributed by atoms with van der Waals surface area (Å²) in [6.07, 6.45) is 3.31. The Morgan fingerprint density at radius 1 is 0.957 bits per heavy atom. The van der Waals surface area contributed by atoms with Crippen LogP contribution in [0.15, 0.2) is 60.8 Å². The zero-order valence-electron chi connectivity index (χ0n) is 13.9. The molecular formula is C20H24N2O. The second-order valence-corrected chi connectivity index (χ2v) is 6.13. The molecule has 2 aromatic carbocycles. The molecule has 3 heteroatoms. The number of ether oxygens (including phenoxy) is 1. The first-order chi connectivity index (χ1) is 11.2. The third-order valence-electron chi connectivity index (χ3n) is 4.02. The third-order valence-corrected chi connectivity index (χ3v) is 4.02. The first-order valence-electron chi connectivity index (χ1n) is 8.13. The molecule has 1 aromatic heterocycles. The monoisotopic (exact) mass is 308 g/mol. The van der Waals surface area contributed by atoms with Crippen molar-refractivity contribution >= 4 is 10.9 Å². The molecular weight excluding hydrogens is 284 g/mol. The summed E-state index contributed by atoms with van der Waals surface area (Å²) in [4.78, 5) is 2.22. The molecule has 0 saturated heterocycles. The van der Waals surface area contributed by atoms with Crippen molar-refractivity contribution in [1.29, 1.82) is 0 Å². The van der Waals surface area contributed by atoms with Crippen LogP contribution < -0.4 is 4.74 Å². The van der Waals surface area contributed by atoms with E-state index in [9.17, 15) is 0 Å². The molecule has 1 heterocycles. The van der Waals surface area contributed by atoms with Crippen LogP contribution in [0.5, 0.6) is 5.75 Å². The van der Waals surface area contributed by atoms with E-state index in [0.717, 1.165) is 25.3 Å². The molecule has 0 radical (unpaired) electrons. The van der Waals surface area contributed by atoms with E-state index in [-0.39, 0.29) is 0 Å². The van der Waals surface area contributed by atoms with E-state index in [1.807, 2.05) is 18.2 Å². The molecule has 120 valence electrons. The fourth-order valence-corrected chi connectivity index (χ4v) is 2.81. The molecule has 3 aromatic rings. The van der Waals surface area contributed by atoms with Crippen molar-refractivity contribution in [2.45, 2.75) is 19.6 Å².